The van der Waals surface area contributed by atoms with Gasteiger partial charge in [-0.05, 0) is 37.6 Å². The predicted octanol–water partition coefficient (Wildman–Crippen LogP) is 0.326. The highest BCUT2D eigenvalue weighted by molar-refractivity contribution is 5.73. The summed E-state index contributed by atoms with van der Waals surface area (Å²) in [5, 5.41) is 3.00. The molecule has 1 atom stereocenters. The van der Waals surface area contributed by atoms with Gasteiger partial charge in [0.2, 0.25) is 5.91 Å². The van der Waals surface area contributed by atoms with E-state index in [1.807, 2.05) is 0 Å². The van der Waals surface area contributed by atoms with Crippen molar-refractivity contribution in [3.8, 4) is 0 Å². The molecule has 2 aliphatic rings. The van der Waals surface area contributed by atoms with Crippen LogP contribution in [0, 0.1) is 5.41 Å². The van der Waals surface area contributed by atoms with Gasteiger partial charge in [0, 0.05) is 32.6 Å². The molecule has 2 rings (SSSR count). The van der Waals surface area contributed by atoms with Gasteiger partial charge < -0.3 is 16.0 Å². The lowest BCUT2D eigenvalue weighted by atomic mass is 10.0. The van der Waals surface area contributed by atoms with Crippen molar-refractivity contribution < 1.29 is 4.79 Å². The number of nitrogens with zero attached hydrogens (tertiary/aromatic N) is 1. The van der Waals surface area contributed by atoms with Crippen molar-refractivity contribution in [3.63, 3.8) is 0 Å². The first-order chi connectivity index (χ1) is 7.63. The number of carbonyl (C=O) groups excluding carboxylic acids is 1. The Labute approximate surface area is 97.6 Å². The number of hydrogen-bond donors (Lipinski definition) is 2. The minimum absolute atomic E-state index is 0.0925. The Morgan fingerprint density at radius 2 is 2.31 bits per heavy atom. The van der Waals surface area contributed by atoms with Gasteiger partial charge in [-0.15, -0.1) is 0 Å². The summed E-state index contributed by atoms with van der Waals surface area (Å²) < 4.78 is 0. The van der Waals surface area contributed by atoms with Gasteiger partial charge in [-0.1, -0.05) is 0 Å². The van der Waals surface area contributed by atoms with Crippen LogP contribution >= 0.6 is 0 Å². The molecule has 1 aliphatic heterocycles. The molecule has 1 amide bonds. The van der Waals surface area contributed by atoms with Crippen molar-refractivity contribution in [2.45, 2.75) is 38.6 Å². The summed E-state index contributed by atoms with van der Waals surface area (Å²) in [6.07, 6.45) is 4.93. The Kier molecular flexibility index (Phi) is 3.50. The molecule has 1 aliphatic carbocycles. The summed E-state index contributed by atoms with van der Waals surface area (Å²) in [7, 11) is 0. The van der Waals surface area contributed by atoms with Crippen molar-refractivity contribution in [1.29, 1.82) is 0 Å². The minimum atomic E-state index is 0.0925. The molecule has 0 spiro atoms. The molecular weight excluding hydrogens is 202 g/mol. The number of nitrogens with two attached hydrogens (primary N) is 1. The molecule has 0 aromatic heterocycles. The lowest BCUT2D eigenvalue weighted by Crippen LogP contribution is -2.37. The lowest BCUT2D eigenvalue weighted by molar-refractivity contribution is -0.119. The molecule has 4 heteroatoms. The van der Waals surface area contributed by atoms with Crippen LogP contribution in [0.4, 0.5) is 0 Å². The Morgan fingerprint density at radius 1 is 1.56 bits per heavy atom. The second kappa shape index (κ2) is 4.72. The van der Waals surface area contributed by atoms with E-state index in [2.05, 4.69) is 10.2 Å². The van der Waals surface area contributed by atoms with Crippen LogP contribution in [0.25, 0.3) is 0 Å². The van der Waals surface area contributed by atoms with Gasteiger partial charge in [-0.25, -0.2) is 0 Å². The SMILES string of the molecule is CC(=O)NC1CCN(CC2(CCN)CC2)C1. The largest absolute Gasteiger partial charge is 0.352 e. The number of nitrogens with one attached hydrogen (secondary N) is 1. The van der Waals surface area contributed by atoms with E-state index in [0.29, 0.717) is 11.5 Å². The van der Waals surface area contributed by atoms with Gasteiger partial charge in [0.15, 0.2) is 0 Å². The van der Waals surface area contributed by atoms with Gasteiger partial charge >= 0.3 is 0 Å². The summed E-state index contributed by atoms with van der Waals surface area (Å²) in [4.78, 5) is 13.4. The molecule has 1 unspecified atom stereocenters. The first-order valence-corrected chi connectivity index (χ1v) is 6.33. The highest BCUT2D eigenvalue weighted by Crippen LogP contribution is 2.49. The predicted molar refractivity (Wildman–Crippen MR) is 64.0 cm³/mol. The van der Waals surface area contributed by atoms with Gasteiger partial charge in [0.25, 0.3) is 0 Å². The maximum absolute atomic E-state index is 11.0. The first-order valence-electron chi connectivity index (χ1n) is 6.33. The van der Waals surface area contributed by atoms with Crippen LogP contribution < -0.4 is 11.1 Å². The third-order valence-electron chi connectivity index (χ3n) is 3.87. The van der Waals surface area contributed by atoms with Crippen LogP contribution in [-0.2, 0) is 4.79 Å². The Bertz CT molecular complexity index is 263. The molecule has 0 aromatic carbocycles. The van der Waals surface area contributed by atoms with Crippen molar-refractivity contribution >= 4 is 5.91 Å². The average molecular weight is 225 g/mol. The topological polar surface area (TPSA) is 58.4 Å². The summed E-state index contributed by atoms with van der Waals surface area (Å²) in [5.74, 6) is 0.0925. The lowest BCUT2D eigenvalue weighted by Gasteiger charge is -2.23. The summed E-state index contributed by atoms with van der Waals surface area (Å²) in [5.41, 5.74) is 6.17. The molecule has 0 bridgehead atoms. The molecule has 1 saturated carbocycles. The van der Waals surface area contributed by atoms with E-state index in [9.17, 15) is 4.79 Å². The molecule has 2 fully saturated rings. The van der Waals surface area contributed by atoms with Crippen LogP contribution in [0.2, 0.25) is 0 Å². The summed E-state index contributed by atoms with van der Waals surface area (Å²) in [6, 6.07) is 0.367. The maximum atomic E-state index is 11.0. The Morgan fingerprint density at radius 3 is 2.88 bits per heavy atom. The van der Waals surface area contributed by atoms with E-state index < -0.39 is 0 Å². The standard InChI is InChI=1S/C12H23N3O/c1-10(16)14-11-2-7-15(8-11)9-12(3-4-12)5-6-13/h11H,2-9,13H2,1H3,(H,14,16). The van der Waals surface area contributed by atoms with Gasteiger partial charge in [0.05, 0.1) is 0 Å². The van der Waals surface area contributed by atoms with Crippen LogP contribution in [0.1, 0.15) is 32.6 Å². The zero-order chi connectivity index (χ0) is 11.6. The van der Waals surface area contributed by atoms with Crippen LogP contribution in [0.15, 0.2) is 0 Å². The number of carbonyl (C=O) groups is 1. The number of hydrogen-bond acceptors (Lipinski definition) is 3. The van der Waals surface area contributed by atoms with Crippen LogP contribution in [0.3, 0.4) is 0 Å². The smallest absolute Gasteiger partial charge is 0.217 e. The maximum Gasteiger partial charge on any atom is 0.217 e. The van der Waals surface area contributed by atoms with E-state index in [1.54, 1.807) is 6.92 Å². The van der Waals surface area contributed by atoms with E-state index >= 15 is 0 Å². The van der Waals surface area contributed by atoms with Gasteiger partial charge in [-0.3, -0.25) is 4.79 Å². The highest BCUT2D eigenvalue weighted by Gasteiger charge is 2.43. The Balaban J connectivity index is 1.74. The molecule has 0 radical (unpaired) electrons. The molecule has 92 valence electrons. The average Bonchev–Trinajstić information content (AvgIpc) is 2.80. The van der Waals surface area contributed by atoms with Crippen molar-refractivity contribution in [3.05, 3.63) is 0 Å². The third kappa shape index (κ3) is 2.95. The monoisotopic (exact) mass is 225 g/mol. The fourth-order valence-electron chi connectivity index (χ4n) is 2.83. The van der Waals surface area contributed by atoms with Crippen molar-refractivity contribution in [2.75, 3.05) is 26.2 Å². The fourth-order valence-corrected chi connectivity index (χ4v) is 2.83. The number of likely N-dealkylation sites (tertiary alicyclic amines) is 1. The van der Waals surface area contributed by atoms with E-state index in [1.165, 1.54) is 19.4 Å². The van der Waals surface area contributed by atoms with Crippen LogP contribution in [-0.4, -0.2) is 43.0 Å². The molecule has 3 N–H and O–H groups in total. The molecule has 4 nitrogen and oxygen atoms in total. The van der Waals surface area contributed by atoms with E-state index in [-0.39, 0.29) is 5.91 Å². The first kappa shape index (κ1) is 11.9. The van der Waals surface area contributed by atoms with Gasteiger partial charge in [-0.2, -0.15) is 0 Å². The zero-order valence-corrected chi connectivity index (χ0v) is 10.2. The third-order valence-corrected chi connectivity index (χ3v) is 3.87. The van der Waals surface area contributed by atoms with Crippen molar-refractivity contribution in [2.24, 2.45) is 11.1 Å². The van der Waals surface area contributed by atoms with E-state index in [0.717, 1.165) is 32.5 Å². The molecule has 16 heavy (non-hydrogen) atoms. The summed E-state index contributed by atoms with van der Waals surface area (Å²) in [6.45, 7) is 5.73. The van der Waals surface area contributed by atoms with Gasteiger partial charge in [0.1, 0.15) is 0 Å². The minimum Gasteiger partial charge on any atom is -0.352 e. The second-order valence-corrected chi connectivity index (χ2v) is 5.46. The van der Waals surface area contributed by atoms with Crippen LogP contribution in [0.5, 0.6) is 0 Å². The Hall–Kier alpha value is -0.610. The fraction of sp³-hybridized carbons (Fsp3) is 0.917. The second-order valence-electron chi connectivity index (χ2n) is 5.46. The van der Waals surface area contributed by atoms with E-state index in [4.69, 9.17) is 5.73 Å². The molecule has 1 heterocycles. The summed E-state index contributed by atoms with van der Waals surface area (Å²) >= 11 is 0. The zero-order valence-electron chi connectivity index (χ0n) is 10.2. The molecule has 1 saturated heterocycles. The van der Waals surface area contributed by atoms with Crippen molar-refractivity contribution in [1.82, 2.24) is 10.2 Å². The number of amides is 1. The number of rotatable bonds is 5. The highest BCUT2D eigenvalue weighted by atomic mass is 16.1. The molecule has 0 aromatic rings. The normalized spacial score (nSPS) is 28.0. The molecular formula is C12H23N3O. The quantitative estimate of drug-likeness (QED) is 0.709.